The molecule has 2 heterocycles. The van der Waals surface area contributed by atoms with Gasteiger partial charge in [-0.1, -0.05) is 11.6 Å². The topological polar surface area (TPSA) is 43.9 Å². The highest BCUT2D eigenvalue weighted by Crippen LogP contribution is 2.29. The predicted octanol–water partition coefficient (Wildman–Crippen LogP) is 4.23. The maximum absolute atomic E-state index is 13.2. The normalized spacial score (nSPS) is 21.0. The number of hydrogen-bond acceptors (Lipinski definition) is 4. The minimum absolute atomic E-state index is 0.0328. The lowest BCUT2D eigenvalue weighted by molar-refractivity contribution is 0.243. The van der Waals surface area contributed by atoms with Crippen LogP contribution in [0.3, 0.4) is 0 Å². The number of rotatable bonds is 7. The van der Waals surface area contributed by atoms with Gasteiger partial charge in [0.05, 0.1) is 4.90 Å². The Bertz CT molecular complexity index is 961. The Kier molecular flexibility index (Phi) is 7.16. The van der Waals surface area contributed by atoms with Gasteiger partial charge in [-0.15, -0.1) is 0 Å². The lowest BCUT2D eigenvalue weighted by atomic mass is 10.1. The molecule has 0 aromatic heterocycles. The van der Waals surface area contributed by atoms with E-state index in [1.54, 1.807) is 4.31 Å². The third-order valence-electron chi connectivity index (χ3n) is 6.32. The van der Waals surface area contributed by atoms with Gasteiger partial charge in [-0.2, -0.15) is 4.31 Å². The fraction of sp³-hybridized carbons (Fsp3) is 0.478. The van der Waals surface area contributed by atoms with Gasteiger partial charge in [-0.05, 0) is 80.8 Å². The van der Waals surface area contributed by atoms with Gasteiger partial charge in [0.2, 0.25) is 10.0 Å². The first-order chi connectivity index (χ1) is 14.9. The number of nitrogens with zero attached hydrogens (tertiary/aromatic N) is 3. The van der Waals surface area contributed by atoms with Crippen molar-refractivity contribution in [2.75, 3.05) is 44.2 Å². The van der Waals surface area contributed by atoms with Crippen LogP contribution in [-0.2, 0) is 10.0 Å². The molecule has 2 aromatic rings. The number of piperazine rings is 1. The molecule has 31 heavy (non-hydrogen) atoms. The summed E-state index contributed by atoms with van der Waals surface area (Å²) < 4.78 is 40.8. The summed E-state index contributed by atoms with van der Waals surface area (Å²) in [7, 11) is -3.56. The molecule has 1 atom stereocenters. The average Bonchev–Trinajstić information content (AvgIpc) is 3.25. The van der Waals surface area contributed by atoms with E-state index in [0.717, 1.165) is 63.4 Å². The highest BCUT2D eigenvalue weighted by atomic mass is 35.5. The predicted molar refractivity (Wildman–Crippen MR) is 123 cm³/mol. The standard InChI is InChI=1S/C23H29ClFN3O2S/c24-19-5-9-21(10-6-19)27-17-15-26(16-18-27)13-1-3-22-4-2-14-28(22)31(29,30)23-11-7-20(25)8-12-23/h5-12,22H,1-4,13-18H2/t22-/m0/s1. The second-order valence-electron chi connectivity index (χ2n) is 8.31. The lowest BCUT2D eigenvalue weighted by Gasteiger charge is -2.36. The average molecular weight is 466 g/mol. The van der Waals surface area contributed by atoms with Gasteiger partial charge in [-0.25, -0.2) is 12.8 Å². The molecule has 2 aliphatic rings. The van der Waals surface area contributed by atoms with Gasteiger partial charge in [-0.3, -0.25) is 4.90 Å². The maximum Gasteiger partial charge on any atom is 0.243 e. The Balaban J connectivity index is 1.26. The zero-order valence-electron chi connectivity index (χ0n) is 17.6. The Morgan fingerprint density at radius 3 is 2.29 bits per heavy atom. The Hall–Kier alpha value is -1.67. The smallest absolute Gasteiger partial charge is 0.243 e. The SMILES string of the molecule is O=S(=O)(c1ccc(F)cc1)N1CCC[C@@H]1CCCN1CCN(c2ccc(Cl)cc2)CC1. The van der Waals surface area contributed by atoms with Crippen molar-refractivity contribution in [3.05, 3.63) is 59.4 Å². The third kappa shape index (κ3) is 5.40. The van der Waals surface area contributed by atoms with Gasteiger partial charge in [0, 0.05) is 49.5 Å². The molecule has 0 bridgehead atoms. The molecule has 0 unspecified atom stereocenters. The first-order valence-corrected chi connectivity index (χ1v) is 12.8. The van der Waals surface area contributed by atoms with Crippen molar-refractivity contribution in [2.45, 2.75) is 36.6 Å². The highest BCUT2D eigenvalue weighted by Gasteiger charge is 2.35. The van der Waals surface area contributed by atoms with Crippen molar-refractivity contribution in [3.63, 3.8) is 0 Å². The Morgan fingerprint density at radius 1 is 0.935 bits per heavy atom. The van der Waals surface area contributed by atoms with Gasteiger partial charge >= 0.3 is 0 Å². The largest absolute Gasteiger partial charge is 0.369 e. The summed E-state index contributed by atoms with van der Waals surface area (Å²) in [4.78, 5) is 5.01. The molecule has 5 nitrogen and oxygen atoms in total. The van der Waals surface area contributed by atoms with Crippen LogP contribution in [0.2, 0.25) is 5.02 Å². The van der Waals surface area contributed by atoms with E-state index in [2.05, 4.69) is 21.9 Å². The van der Waals surface area contributed by atoms with Gasteiger partial charge in [0.15, 0.2) is 0 Å². The van der Waals surface area contributed by atoms with Gasteiger partial charge in [0.1, 0.15) is 5.82 Å². The molecular formula is C23H29ClFN3O2S. The molecule has 0 spiro atoms. The molecule has 0 saturated carbocycles. The molecule has 8 heteroatoms. The molecule has 0 N–H and O–H groups in total. The van der Waals surface area contributed by atoms with E-state index < -0.39 is 15.8 Å². The van der Waals surface area contributed by atoms with E-state index in [1.807, 2.05) is 12.1 Å². The van der Waals surface area contributed by atoms with Crippen LogP contribution in [0.5, 0.6) is 0 Å². The minimum Gasteiger partial charge on any atom is -0.369 e. The summed E-state index contributed by atoms with van der Waals surface area (Å²) >= 11 is 5.98. The van der Waals surface area contributed by atoms with Crippen LogP contribution in [0.1, 0.15) is 25.7 Å². The maximum atomic E-state index is 13.2. The minimum atomic E-state index is -3.56. The van der Waals surface area contributed by atoms with Crippen molar-refractivity contribution < 1.29 is 12.8 Å². The highest BCUT2D eigenvalue weighted by molar-refractivity contribution is 7.89. The summed E-state index contributed by atoms with van der Waals surface area (Å²) in [6, 6.07) is 13.2. The Labute approximate surface area is 189 Å². The van der Waals surface area contributed by atoms with Crippen LogP contribution < -0.4 is 4.90 Å². The summed E-state index contributed by atoms with van der Waals surface area (Å²) in [5.74, 6) is -0.423. The van der Waals surface area contributed by atoms with Crippen molar-refractivity contribution in [3.8, 4) is 0 Å². The summed E-state index contributed by atoms with van der Waals surface area (Å²) in [6.45, 7) is 5.50. The van der Waals surface area contributed by atoms with Crippen LogP contribution in [0.15, 0.2) is 53.4 Å². The van der Waals surface area contributed by atoms with Crippen molar-refractivity contribution >= 4 is 27.3 Å². The molecular weight excluding hydrogens is 437 g/mol. The van der Waals surface area contributed by atoms with Crippen LogP contribution >= 0.6 is 11.6 Å². The quantitative estimate of drug-likeness (QED) is 0.613. The van der Waals surface area contributed by atoms with Gasteiger partial charge < -0.3 is 4.90 Å². The monoisotopic (exact) mass is 465 g/mol. The number of halogens is 2. The molecule has 0 aliphatic carbocycles. The van der Waals surface area contributed by atoms with Crippen molar-refractivity contribution in [1.29, 1.82) is 0 Å². The molecule has 4 rings (SSSR count). The molecule has 168 valence electrons. The summed E-state index contributed by atoms with van der Waals surface area (Å²) in [5.41, 5.74) is 1.21. The number of benzene rings is 2. The van der Waals surface area contributed by atoms with E-state index in [0.29, 0.717) is 6.54 Å². The van der Waals surface area contributed by atoms with Gasteiger partial charge in [0.25, 0.3) is 0 Å². The molecule has 2 aromatic carbocycles. The second-order valence-corrected chi connectivity index (χ2v) is 10.6. The molecule has 0 amide bonds. The fourth-order valence-corrected chi connectivity index (χ4v) is 6.44. The number of hydrogen-bond donors (Lipinski definition) is 0. The molecule has 2 fully saturated rings. The summed E-state index contributed by atoms with van der Waals surface area (Å²) in [5, 5.41) is 0.754. The van der Waals surface area contributed by atoms with Crippen molar-refractivity contribution in [1.82, 2.24) is 9.21 Å². The zero-order chi connectivity index (χ0) is 21.8. The number of anilines is 1. The van der Waals surface area contributed by atoms with E-state index in [9.17, 15) is 12.8 Å². The van der Waals surface area contributed by atoms with Crippen LogP contribution in [0.4, 0.5) is 10.1 Å². The van der Waals surface area contributed by atoms with E-state index in [-0.39, 0.29) is 10.9 Å². The fourth-order valence-electron chi connectivity index (χ4n) is 4.59. The van der Waals surface area contributed by atoms with Crippen LogP contribution in [0, 0.1) is 5.82 Å². The van der Waals surface area contributed by atoms with E-state index >= 15 is 0 Å². The van der Waals surface area contributed by atoms with Crippen LogP contribution in [-0.4, -0.2) is 62.9 Å². The van der Waals surface area contributed by atoms with E-state index in [1.165, 1.54) is 30.0 Å². The second kappa shape index (κ2) is 9.86. The molecule has 0 radical (unpaired) electrons. The first kappa shape index (κ1) is 22.5. The Morgan fingerprint density at radius 2 is 1.61 bits per heavy atom. The van der Waals surface area contributed by atoms with Crippen LogP contribution in [0.25, 0.3) is 0 Å². The summed E-state index contributed by atoms with van der Waals surface area (Å²) in [6.07, 6.45) is 3.61. The molecule has 2 aliphatic heterocycles. The lowest BCUT2D eigenvalue weighted by Crippen LogP contribution is -2.46. The van der Waals surface area contributed by atoms with Crippen molar-refractivity contribution in [2.24, 2.45) is 0 Å². The molecule has 2 saturated heterocycles. The number of sulfonamides is 1. The van der Waals surface area contributed by atoms with E-state index in [4.69, 9.17) is 11.6 Å². The third-order valence-corrected chi connectivity index (χ3v) is 8.54. The zero-order valence-corrected chi connectivity index (χ0v) is 19.2. The first-order valence-electron chi connectivity index (χ1n) is 10.9.